The molecule has 1 aromatic carbocycles. The van der Waals surface area contributed by atoms with Gasteiger partial charge in [-0.05, 0) is 23.6 Å². The second-order valence-electron chi connectivity index (χ2n) is 4.89. The highest BCUT2D eigenvalue weighted by Crippen LogP contribution is 2.32. The van der Waals surface area contributed by atoms with E-state index in [0.29, 0.717) is 11.8 Å². The molecule has 2 atom stereocenters. The Morgan fingerprint density at radius 2 is 2.24 bits per heavy atom. The van der Waals surface area contributed by atoms with Crippen LogP contribution in [0.2, 0.25) is 0 Å². The number of rotatable bonds is 4. The number of nitrogens with zero attached hydrogens (tertiary/aromatic N) is 1. The zero-order chi connectivity index (χ0) is 12.3. The predicted molar refractivity (Wildman–Crippen MR) is 66.6 cm³/mol. The van der Waals surface area contributed by atoms with Crippen molar-refractivity contribution in [1.29, 1.82) is 0 Å². The van der Waals surface area contributed by atoms with Crippen LogP contribution in [0.15, 0.2) is 24.3 Å². The van der Waals surface area contributed by atoms with E-state index in [1.807, 2.05) is 6.07 Å². The van der Waals surface area contributed by atoms with Crippen LogP contribution in [-0.2, 0) is 4.74 Å². The van der Waals surface area contributed by atoms with Gasteiger partial charge >= 0.3 is 0 Å². The lowest BCUT2D eigenvalue weighted by molar-refractivity contribution is 0.159. The molecule has 0 aromatic heterocycles. The van der Waals surface area contributed by atoms with Crippen molar-refractivity contribution < 1.29 is 9.13 Å². The summed E-state index contributed by atoms with van der Waals surface area (Å²) in [5.41, 5.74) is 1.12. The highest BCUT2D eigenvalue weighted by molar-refractivity contribution is 5.23. The fourth-order valence-electron chi connectivity index (χ4n) is 2.64. The molecule has 17 heavy (non-hydrogen) atoms. The second kappa shape index (κ2) is 5.61. The topological polar surface area (TPSA) is 12.5 Å². The minimum Gasteiger partial charge on any atom is -0.383 e. The third kappa shape index (κ3) is 3.05. The Balaban J connectivity index is 2.02. The fourth-order valence-corrected chi connectivity index (χ4v) is 2.64. The van der Waals surface area contributed by atoms with E-state index >= 15 is 0 Å². The molecule has 3 heteroatoms. The zero-order valence-electron chi connectivity index (χ0n) is 10.5. The maximum absolute atomic E-state index is 13.2. The third-order valence-corrected chi connectivity index (χ3v) is 3.58. The van der Waals surface area contributed by atoms with Gasteiger partial charge < -0.3 is 9.64 Å². The Morgan fingerprint density at radius 1 is 1.41 bits per heavy atom. The number of halogens is 1. The Hall–Kier alpha value is -0.930. The summed E-state index contributed by atoms with van der Waals surface area (Å²) >= 11 is 0. The van der Waals surface area contributed by atoms with Crippen LogP contribution in [0.25, 0.3) is 0 Å². The average molecular weight is 237 g/mol. The molecule has 0 aliphatic carbocycles. The molecule has 0 amide bonds. The molecule has 0 radical (unpaired) electrons. The molecule has 0 spiro atoms. The molecule has 0 bridgehead atoms. The smallest absolute Gasteiger partial charge is 0.123 e. The third-order valence-electron chi connectivity index (χ3n) is 3.58. The van der Waals surface area contributed by atoms with E-state index in [4.69, 9.17) is 4.74 Å². The molecule has 0 unspecified atom stereocenters. The van der Waals surface area contributed by atoms with E-state index in [-0.39, 0.29) is 5.82 Å². The molecular formula is C14H20FNO. The summed E-state index contributed by atoms with van der Waals surface area (Å²) in [4.78, 5) is 2.39. The van der Waals surface area contributed by atoms with E-state index < -0.39 is 0 Å². The van der Waals surface area contributed by atoms with Crippen molar-refractivity contribution in [2.24, 2.45) is 5.92 Å². The lowest BCUT2D eigenvalue weighted by Gasteiger charge is -2.15. The molecule has 1 heterocycles. The van der Waals surface area contributed by atoms with Gasteiger partial charge in [0.1, 0.15) is 5.82 Å². The number of hydrogen-bond donors (Lipinski definition) is 0. The van der Waals surface area contributed by atoms with Gasteiger partial charge in [-0.3, -0.25) is 0 Å². The summed E-state index contributed by atoms with van der Waals surface area (Å²) in [6.45, 7) is 6.05. The molecule has 2 rings (SSSR count). The number of hydrogen-bond acceptors (Lipinski definition) is 2. The van der Waals surface area contributed by atoms with E-state index in [9.17, 15) is 4.39 Å². The minimum atomic E-state index is -0.134. The molecule has 2 nitrogen and oxygen atoms in total. The Morgan fingerprint density at radius 3 is 2.94 bits per heavy atom. The fraction of sp³-hybridized carbons (Fsp3) is 0.571. The highest BCUT2D eigenvalue weighted by Gasteiger charge is 2.30. The summed E-state index contributed by atoms with van der Waals surface area (Å²) in [6, 6.07) is 7.01. The van der Waals surface area contributed by atoms with Crippen molar-refractivity contribution in [1.82, 2.24) is 4.90 Å². The van der Waals surface area contributed by atoms with Crippen molar-refractivity contribution in [2.75, 3.05) is 33.4 Å². The quantitative estimate of drug-likeness (QED) is 0.798. The predicted octanol–water partition coefficient (Wildman–Crippen LogP) is 2.51. The molecule has 1 fully saturated rings. The van der Waals surface area contributed by atoms with Gasteiger partial charge in [-0.2, -0.15) is 0 Å². The van der Waals surface area contributed by atoms with Gasteiger partial charge in [-0.25, -0.2) is 4.39 Å². The molecule has 0 N–H and O–H groups in total. The first kappa shape index (κ1) is 12.5. The Kier molecular flexibility index (Phi) is 4.13. The van der Waals surface area contributed by atoms with Crippen molar-refractivity contribution in [3.05, 3.63) is 35.6 Å². The first-order valence-corrected chi connectivity index (χ1v) is 6.17. The second-order valence-corrected chi connectivity index (χ2v) is 4.89. The van der Waals surface area contributed by atoms with Crippen molar-refractivity contribution >= 4 is 0 Å². The van der Waals surface area contributed by atoms with Crippen molar-refractivity contribution in [3.63, 3.8) is 0 Å². The molecule has 1 aromatic rings. The van der Waals surface area contributed by atoms with Crippen LogP contribution in [0.1, 0.15) is 18.4 Å². The average Bonchev–Trinajstić information content (AvgIpc) is 2.68. The maximum atomic E-state index is 13.2. The molecule has 94 valence electrons. The lowest BCUT2D eigenvalue weighted by atomic mass is 9.90. The highest BCUT2D eigenvalue weighted by atomic mass is 19.1. The Labute approximate surface area is 102 Å². The monoisotopic (exact) mass is 237 g/mol. The first-order valence-electron chi connectivity index (χ1n) is 6.17. The summed E-state index contributed by atoms with van der Waals surface area (Å²) in [6.07, 6.45) is 0. The van der Waals surface area contributed by atoms with Crippen molar-refractivity contribution in [2.45, 2.75) is 12.8 Å². The largest absolute Gasteiger partial charge is 0.383 e. The van der Waals surface area contributed by atoms with Crippen LogP contribution >= 0.6 is 0 Å². The number of likely N-dealkylation sites (tertiary alicyclic amines) is 1. The number of methoxy groups -OCH3 is 1. The van der Waals surface area contributed by atoms with Crippen LogP contribution in [-0.4, -0.2) is 38.3 Å². The van der Waals surface area contributed by atoms with Gasteiger partial charge in [-0.15, -0.1) is 0 Å². The van der Waals surface area contributed by atoms with Crippen LogP contribution in [0.4, 0.5) is 4.39 Å². The molecule has 1 aliphatic heterocycles. The van der Waals surface area contributed by atoms with Gasteiger partial charge in [-0.1, -0.05) is 19.1 Å². The van der Waals surface area contributed by atoms with Gasteiger partial charge in [0.05, 0.1) is 6.61 Å². The van der Waals surface area contributed by atoms with Gasteiger partial charge in [0.25, 0.3) is 0 Å². The molecule has 1 saturated heterocycles. The van der Waals surface area contributed by atoms with Gasteiger partial charge in [0.15, 0.2) is 0 Å². The number of benzene rings is 1. The van der Waals surface area contributed by atoms with E-state index in [1.165, 1.54) is 6.07 Å². The van der Waals surface area contributed by atoms with Crippen LogP contribution in [0.5, 0.6) is 0 Å². The normalized spacial score (nSPS) is 25.4. The minimum absolute atomic E-state index is 0.134. The van der Waals surface area contributed by atoms with Crippen molar-refractivity contribution in [3.8, 4) is 0 Å². The van der Waals surface area contributed by atoms with Crippen LogP contribution < -0.4 is 0 Å². The summed E-state index contributed by atoms with van der Waals surface area (Å²) < 4.78 is 18.3. The number of ether oxygens (including phenoxy) is 1. The lowest BCUT2D eigenvalue weighted by Crippen LogP contribution is -2.24. The maximum Gasteiger partial charge on any atom is 0.123 e. The Bertz CT molecular complexity index is 369. The summed E-state index contributed by atoms with van der Waals surface area (Å²) in [7, 11) is 1.73. The van der Waals surface area contributed by atoms with Crippen LogP contribution in [0, 0.1) is 11.7 Å². The first-order chi connectivity index (χ1) is 8.20. The SMILES string of the molecule is COCCN1C[C@@H](C)[C@H](c2cccc(F)c2)C1. The molecule has 0 saturated carbocycles. The van der Waals surface area contributed by atoms with Gasteiger partial charge in [0.2, 0.25) is 0 Å². The van der Waals surface area contributed by atoms with Crippen LogP contribution in [0.3, 0.4) is 0 Å². The molecule has 1 aliphatic rings. The zero-order valence-corrected chi connectivity index (χ0v) is 10.5. The summed E-state index contributed by atoms with van der Waals surface area (Å²) in [5, 5.41) is 0. The van der Waals surface area contributed by atoms with Gasteiger partial charge in [0, 0.05) is 32.7 Å². The van der Waals surface area contributed by atoms with E-state index in [2.05, 4.69) is 11.8 Å². The standard InChI is InChI=1S/C14H20FNO/c1-11-9-16(6-7-17-2)10-14(11)12-4-3-5-13(15)8-12/h3-5,8,11,14H,6-7,9-10H2,1-2H3/t11-,14-/m1/s1. The molecular weight excluding hydrogens is 217 g/mol. The van der Waals surface area contributed by atoms with E-state index in [0.717, 1.165) is 31.8 Å². The van der Waals surface area contributed by atoms with E-state index in [1.54, 1.807) is 19.2 Å². The summed E-state index contributed by atoms with van der Waals surface area (Å²) in [5.74, 6) is 0.890.